The van der Waals surface area contributed by atoms with Crippen molar-refractivity contribution in [2.24, 2.45) is 5.73 Å². The molecular formula is C16H19N3O2. The SMILES string of the molecule is C[C@H](NCc1ccc(OCC(N)=O)cc1)c1ccccn1. The second kappa shape index (κ2) is 7.40. The number of nitrogens with one attached hydrogen (secondary N) is 1. The average molecular weight is 285 g/mol. The molecule has 2 rings (SSSR count). The molecule has 110 valence electrons. The summed E-state index contributed by atoms with van der Waals surface area (Å²) in [6.07, 6.45) is 1.79. The number of nitrogens with two attached hydrogens (primary N) is 1. The molecule has 0 aliphatic carbocycles. The first-order valence-corrected chi connectivity index (χ1v) is 6.79. The number of carbonyl (C=O) groups excluding carboxylic acids is 1. The molecule has 5 nitrogen and oxygen atoms in total. The van der Waals surface area contributed by atoms with Gasteiger partial charge in [0.15, 0.2) is 6.61 Å². The number of amides is 1. The summed E-state index contributed by atoms with van der Waals surface area (Å²) in [4.78, 5) is 15.0. The first kappa shape index (κ1) is 15.0. The van der Waals surface area contributed by atoms with Crippen molar-refractivity contribution < 1.29 is 9.53 Å². The second-order valence-corrected chi connectivity index (χ2v) is 4.76. The van der Waals surface area contributed by atoms with Gasteiger partial charge in [-0.3, -0.25) is 9.78 Å². The first-order valence-electron chi connectivity index (χ1n) is 6.79. The van der Waals surface area contributed by atoms with Gasteiger partial charge in [0.05, 0.1) is 5.69 Å². The van der Waals surface area contributed by atoms with Gasteiger partial charge in [0.2, 0.25) is 0 Å². The molecule has 1 aromatic carbocycles. The number of benzene rings is 1. The van der Waals surface area contributed by atoms with E-state index in [1.165, 1.54) is 0 Å². The molecular weight excluding hydrogens is 266 g/mol. The van der Waals surface area contributed by atoms with Crippen LogP contribution in [0.15, 0.2) is 48.7 Å². The van der Waals surface area contributed by atoms with Gasteiger partial charge in [-0.05, 0) is 36.8 Å². The molecule has 3 N–H and O–H groups in total. The number of hydrogen-bond acceptors (Lipinski definition) is 4. The number of carbonyl (C=O) groups is 1. The van der Waals surface area contributed by atoms with E-state index in [1.807, 2.05) is 42.5 Å². The number of rotatable bonds is 7. The van der Waals surface area contributed by atoms with Gasteiger partial charge in [0, 0.05) is 18.8 Å². The van der Waals surface area contributed by atoms with Crippen LogP contribution in [-0.2, 0) is 11.3 Å². The van der Waals surface area contributed by atoms with Crippen LogP contribution in [0.5, 0.6) is 5.75 Å². The molecule has 0 fully saturated rings. The van der Waals surface area contributed by atoms with E-state index < -0.39 is 5.91 Å². The van der Waals surface area contributed by atoms with Gasteiger partial charge < -0.3 is 15.8 Å². The lowest BCUT2D eigenvalue weighted by Gasteiger charge is -2.13. The number of pyridine rings is 1. The summed E-state index contributed by atoms with van der Waals surface area (Å²) in [5.41, 5.74) is 7.17. The van der Waals surface area contributed by atoms with Gasteiger partial charge in [0.1, 0.15) is 5.75 Å². The lowest BCUT2D eigenvalue weighted by molar-refractivity contribution is -0.119. The molecule has 5 heteroatoms. The zero-order valence-corrected chi connectivity index (χ0v) is 12.0. The summed E-state index contributed by atoms with van der Waals surface area (Å²) < 4.78 is 5.21. The minimum Gasteiger partial charge on any atom is -0.484 e. The van der Waals surface area contributed by atoms with Crippen LogP contribution in [0.25, 0.3) is 0 Å². The Morgan fingerprint density at radius 1 is 1.29 bits per heavy atom. The number of ether oxygens (including phenoxy) is 1. The first-order chi connectivity index (χ1) is 10.1. The van der Waals surface area contributed by atoms with Gasteiger partial charge in [-0.2, -0.15) is 0 Å². The van der Waals surface area contributed by atoms with Crippen molar-refractivity contribution in [2.45, 2.75) is 19.5 Å². The minimum atomic E-state index is -0.482. The monoisotopic (exact) mass is 285 g/mol. The summed E-state index contributed by atoms with van der Waals surface area (Å²) in [5, 5.41) is 3.41. The Kier molecular flexibility index (Phi) is 5.29. The van der Waals surface area contributed by atoms with E-state index in [9.17, 15) is 4.79 Å². The fourth-order valence-corrected chi connectivity index (χ4v) is 1.87. The largest absolute Gasteiger partial charge is 0.484 e. The van der Waals surface area contributed by atoms with E-state index in [4.69, 9.17) is 10.5 Å². The normalized spacial score (nSPS) is 11.9. The fraction of sp³-hybridized carbons (Fsp3) is 0.250. The lowest BCUT2D eigenvalue weighted by Crippen LogP contribution is -2.20. The van der Waals surface area contributed by atoms with Crippen LogP contribution in [0, 0.1) is 0 Å². The Morgan fingerprint density at radius 3 is 2.67 bits per heavy atom. The van der Waals surface area contributed by atoms with Crippen molar-refractivity contribution >= 4 is 5.91 Å². The Balaban J connectivity index is 1.85. The minimum absolute atomic E-state index is 0.103. The lowest BCUT2D eigenvalue weighted by atomic mass is 10.1. The maximum absolute atomic E-state index is 10.6. The maximum Gasteiger partial charge on any atom is 0.255 e. The van der Waals surface area contributed by atoms with Crippen LogP contribution < -0.4 is 15.8 Å². The van der Waals surface area contributed by atoms with E-state index in [2.05, 4.69) is 17.2 Å². The third-order valence-electron chi connectivity index (χ3n) is 3.05. The molecule has 1 amide bonds. The van der Waals surface area contributed by atoms with Crippen LogP contribution >= 0.6 is 0 Å². The van der Waals surface area contributed by atoms with E-state index in [0.717, 1.165) is 17.8 Å². The van der Waals surface area contributed by atoms with Gasteiger partial charge in [-0.1, -0.05) is 18.2 Å². The average Bonchev–Trinajstić information content (AvgIpc) is 2.52. The molecule has 1 aromatic heterocycles. The second-order valence-electron chi connectivity index (χ2n) is 4.76. The summed E-state index contributed by atoms with van der Waals surface area (Å²) in [6.45, 7) is 2.70. The van der Waals surface area contributed by atoms with Crippen molar-refractivity contribution in [3.63, 3.8) is 0 Å². The van der Waals surface area contributed by atoms with Gasteiger partial charge in [0.25, 0.3) is 5.91 Å². The van der Waals surface area contributed by atoms with Crippen molar-refractivity contribution in [2.75, 3.05) is 6.61 Å². The molecule has 0 spiro atoms. The molecule has 0 saturated heterocycles. The molecule has 1 heterocycles. The molecule has 0 bridgehead atoms. The van der Waals surface area contributed by atoms with E-state index in [0.29, 0.717) is 5.75 Å². The number of nitrogens with zero attached hydrogens (tertiary/aromatic N) is 1. The summed E-state index contributed by atoms with van der Waals surface area (Å²) >= 11 is 0. The highest BCUT2D eigenvalue weighted by Gasteiger charge is 2.05. The number of aromatic nitrogens is 1. The van der Waals surface area contributed by atoms with Gasteiger partial charge >= 0.3 is 0 Å². The molecule has 0 radical (unpaired) electrons. The molecule has 0 unspecified atom stereocenters. The van der Waals surface area contributed by atoms with E-state index in [1.54, 1.807) is 6.20 Å². The Morgan fingerprint density at radius 2 is 2.05 bits per heavy atom. The van der Waals surface area contributed by atoms with Crippen LogP contribution in [0.4, 0.5) is 0 Å². The number of hydrogen-bond donors (Lipinski definition) is 2. The highest BCUT2D eigenvalue weighted by Crippen LogP contribution is 2.14. The third kappa shape index (κ3) is 4.89. The molecule has 0 saturated carbocycles. The van der Waals surface area contributed by atoms with Gasteiger partial charge in [-0.25, -0.2) is 0 Å². The summed E-state index contributed by atoms with van der Waals surface area (Å²) in [7, 11) is 0. The van der Waals surface area contributed by atoms with E-state index >= 15 is 0 Å². The predicted octanol–water partition coefficient (Wildman–Crippen LogP) is 1.80. The highest BCUT2D eigenvalue weighted by atomic mass is 16.5. The summed E-state index contributed by atoms with van der Waals surface area (Å²) in [6, 6.07) is 13.6. The summed E-state index contributed by atoms with van der Waals surface area (Å²) in [5.74, 6) is 0.153. The fourth-order valence-electron chi connectivity index (χ4n) is 1.87. The standard InChI is InChI=1S/C16H19N3O2/c1-12(15-4-2-3-9-18-15)19-10-13-5-7-14(8-6-13)21-11-16(17)20/h2-9,12,19H,10-11H2,1H3,(H2,17,20)/t12-/m0/s1. The maximum atomic E-state index is 10.6. The van der Waals surface area contributed by atoms with Crippen molar-refractivity contribution in [1.29, 1.82) is 0 Å². The van der Waals surface area contributed by atoms with E-state index in [-0.39, 0.29) is 12.6 Å². The van der Waals surface area contributed by atoms with Crippen LogP contribution in [0.1, 0.15) is 24.2 Å². The van der Waals surface area contributed by atoms with Crippen molar-refractivity contribution in [1.82, 2.24) is 10.3 Å². The van der Waals surface area contributed by atoms with Crippen LogP contribution in [-0.4, -0.2) is 17.5 Å². The molecule has 2 aromatic rings. The quantitative estimate of drug-likeness (QED) is 0.813. The Bertz CT molecular complexity index is 570. The topological polar surface area (TPSA) is 77.2 Å². The van der Waals surface area contributed by atoms with Crippen LogP contribution in [0.3, 0.4) is 0 Å². The zero-order valence-electron chi connectivity index (χ0n) is 12.0. The van der Waals surface area contributed by atoms with Gasteiger partial charge in [-0.15, -0.1) is 0 Å². The smallest absolute Gasteiger partial charge is 0.255 e. The van der Waals surface area contributed by atoms with Crippen molar-refractivity contribution in [3.8, 4) is 5.75 Å². The molecule has 0 aliphatic heterocycles. The molecule has 0 aliphatic rings. The van der Waals surface area contributed by atoms with Crippen molar-refractivity contribution in [3.05, 3.63) is 59.9 Å². The third-order valence-corrected chi connectivity index (χ3v) is 3.05. The highest BCUT2D eigenvalue weighted by molar-refractivity contribution is 5.75. The number of primary amides is 1. The van der Waals surface area contributed by atoms with Crippen LogP contribution in [0.2, 0.25) is 0 Å². The molecule has 21 heavy (non-hydrogen) atoms. The molecule has 1 atom stereocenters. The predicted molar refractivity (Wildman–Crippen MR) is 80.6 cm³/mol. The Labute approximate surface area is 124 Å². The zero-order chi connectivity index (χ0) is 15.1. The Hall–Kier alpha value is -2.40.